The molecule has 0 bridgehead atoms. The van der Waals surface area contributed by atoms with E-state index >= 15 is 0 Å². The first kappa shape index (κ1) is 18.5. The van der Waals surface area contributed by atoms with E-state index in [0.717, 1.165) is 5.56 Å². The van der Waals surface area contributed by atoms with Gasteiger partial charge in [0.1, 0.15) is 0 Å². The van der Waals surface area contributed by atoms with Gasteiger partial charge in [0, 0.05) is 13.1 Å². The minimum absolute atomic E-state index is 0.0967. The maximum atomic E-state index is 12.6. The maximum Gasteiger partial charge on any atom is 0.331 e. The maximum absolute atomic E-state index is 12.6. The number of carbonyl (C=O) groups excluding carboxylic acids is 1. The fourth-order valence-corrected chi connectivity index (χ4v) is 3.74. The Balaban J connectivity index is 2.17. The summed E-state index contributed by atoms with van der Waals surface area (Å²) in [5, 5.41) is 0. The number of ether oxygens (including phenoxy) is 1. The predicted octanol–water partition coefficient (Wildman–Crippen LogP) is 2.54. The highest BCUT2D eigenvalue weighted by atomic mass is 32.2. The van der Waals surface area contributed by atoms with Crippen LogP contribution in [-0.4, -0.2) is 45.7 Å². The number of carbonyl (C=O) groups is 1. The Morgan fingerprint density at radius 3 is 2.29 bits per heavy atom. The highest BCUT2D eigenvalue weighted by Crippen LogP contribution is 2.23. The molecule has 1 heterocycles. The summed E-state index contributed by atoms with van der Waals surface area (Å²) in [5.74, 6) is 0.366. The minimum Gasteiger partial charge on any atom is -0.378 e. The first-order chi connectivity index (χ1) is 11.3. The van der Waals surface area contributed by atoms with Gasteiger partial charge < -0.3 is 9.64 Å². The van der Waals surface area contributed by atoms with E-state index in [2.05, 4.69) is 18.6 Å². The molecular formula is C17H24N2O4S. The van der Waals surface area contributed by atoms with Crippen LogP contribution in [0.2, 0.25) is 0 Å². The van der Waals surface area contributed by atoms with Gasteiger partial charge in [-0.3, -0.25) is 0 Å². The lowest BCUT2D eigenvalue weighted by Crippen LogP contribution is -2.47. The number of nitrogens with zero attached hydrogens (tertiary/aromatic N) is 1. The Hall–Kier alpha value is -1.86. The Morgan fingerprint density at radius 1 is 1.21 bits per heavy atom. The third-order valence-corrected chi connectivity index (χ3v) is 5.43. The summed E-state index contributed by atoms with van der Waals surface area (Å²) >= 11 is 0. The van der Waals surface area contributed by atoms with E-state index in [0.29, 0.717) is 37.8 Å². The van der Waals surface area contributed by atoms with Crippen molar-refractivity contribution in [1.82, 2.24) is 9.62 Å². The number of hydrogen-bond acceptors (Lipinski definition) is 4. The van der Waals surface area contributed by atoms with Crippen molar-refractivity contribution in [1.29, 1.82) is 0 Å². The number of rotatable bonds is 4. The Bertz CT molecular complexity index is 703. The zero-order valence-corrected chi connectivity index (χ0v) is 15.1. The van der Waals surface area contributed by atoms with Gasteiger partial charge in [0.15, 0.2) is 0 Å². The molecule has 1 N–H and O–H groups in total. The fourth-order valence-electron chi connectivity index (χ4n) is 2.51. The molecule has 0 radical (unpaired) electrons. The van der Waals surface area contributed by atoms with Crippen molar-refractivity contribution in [2.75, 3.05) is 26.3 Å². The van der Waals surface area contributed by atoms with Crippen molar-refractivity contribution in [3.8, 4) is 0 Å². The average Bonchev–Trinajstić information content (AvgIpc) is 2.56. The molecule has 2 amide bonds. The second-order valence-corrected chi connectivity index (χ2v) is 7.59. The molecule has 0 aliphatic carbocycles. The topological polar surface area (TPSA) is 75.7 Å². The number of amides is 2. The molecule has 2 rings (SSSR count). The highest BCUT2D eigenvalue weighted by molar-refractivity contribution is 7.99. The van der Waals surface area contributed by atoms with Gasteiger partial charge >= 0.3 is 6.03 Å². The zero-order valence-electron chi connectivity index (χ0n) is 14.3. The summed E-state index contributed by atoms with van der Waals surface area (Å²) in [6.45, 7) is 7.40. The van der Waals surface area contributed by atoms with Crippen LogP contribution in [0.1, 0.15) is 37.8 Å². The van der Waals surface area contributed by atoms with E-state index < -0.39 is 16.1 Å². The van der Waals surface area contributed by atoms with E-state index in [4.69, 9.17) is 4.74 Å². The second-order valence-electron chi connectivity index (χ2n) is 5.94. The van der Waals surface area contributed by atoms with Crippen LogP contribution in [0, 0.1) is 0 Å². The van der Waals surface area contributed by atoms with Crippen molar-refractivity contribution in [2.45, 2.75) is 26.7 Å². The first-order valence-electron chi connectivity index (χ1n) is 8.01. The van der Waals surface area contributed by atoms with Crippen LogP contribution in [0.5, 0.6) is 0 Å². The van der Waals surface area contributed by atoms with Crippen LogP contribution in [0.4, 0.5) is 4.79 Å². The van der Waals surface area contributed by atoms with Gasteiger partial charge in [0.25, 0.3) is 10.0 Å². The molecule has 132 valence electrons. The van der Waals surface area contributed by atoms with Crippen molar-refractivity contribution >= 4 is 21.0 Å². The van der Waals surface area contributed by atoms with E-state index in [-0.39, 0.29) is 4.91 Å². The quantitative estimate of drug-likeness (QED) is 0.903. The molecule has 1 saturated heterocycles. The standard InChI is InChI=1S/C17H24N2O4S/c1-4-16(15-7-5-14(6-8-15)13(2)3)24(21,22)18-17(20)19-9-11-23-12-10-19/h4-8,13H,9-12H2,1-3H3,(H,18,20)/b16-4-. The summed E-state index contributed by atoms with van der Waals surface area (Å²) in [7, 11) is -3.93. The third-order valence-electron chi connectivity index (χ3n) is 3.93. The van der Waals surface area contributed by atoms with Crippen LogP contribution in [0.15, 0.2) is 30.3 Å². The number of benzene rings is 1. The Morgan fingerprint density at radius 2 is 1.79 bits per heavy atom. The smallest absolute Gasteiger partial charge is 0.331 e. The zero-order chi connectivity index (χ0) is 17.7. The lowest BCUT2D eigenvalue weighted by atomic mass is 10.0. The summed E-state index contributed by atoms with van der Waals surface area (Å²) in [4.78, 5) is 13.7. The van der Waals surface area contributed by atoms with Crippen LogP contribution in [0.3, 0.4) is 0 Å². The number of allylic oxidation sites excluding steroid dienone is 1. The Kier molecular flexibility index (Phi) is 6.01. The van der Waals surface area contributed by atoms with Gasteiger partial charge in [0.2, 0.25) is 0 Å². The first-order valence-corrected chi connectivity index (χ1v) is 9.49. The lowest BCUT2D eigenvalue weighted by molar-refractivity contribution is 0.0545. The fraction of sp³-hybridized carbons (Fsp3) is 0.471. The molecule has 1 aromatic carbocycles. The molecule has 1 aliphatic heterocycles. The largest absolute Gasteiger partial charge is 0.378 e. The lowest BCUT2D eigenvalue weighted by Gasteiger charge is -2.27. The molecule has 7 heteroatoms. The summed E-state index contributed by atoms with van der Waals surface area (Å²) in [6.07, 6.45) is 1.50. The summed E-state index contributed by atoms with van der Waals surface area (Å²) in [6, 6.07) is 6.73. The van der Waals surface area contributed by atoms with E-state index in [1.54, 1.807) is 19.1 Å². The molecule has 1 aromatic rings. The molecule has 1 aliphatic rings. The monoisotopic (exact) mass is 352 g/mol. The van der Waals surface area contributed by atoms with Crippen molar-refractivity contribution in [3.63, 3.8) is 0 Å². The van der Waals surface area contributed by atoms with Gasteiger partial charge in [-0.1, -0.05) is 44.2 Å². The summed E-state index contributed by atoms with van der Waals surface area (Å²) in [5.41, 5.74) is 1.69. The third kappa shape index (κ3) is 4.36. The molecule has 1 fully saturated rings. The molecule has 6 nitrogen and oxygen atoms in total. The SMILES string of the molecule is C/C=C(/c1ccc(C(C)C)cc1)S(=O)(=O)NC(=O)N1CCOCC1. The van der Waals surface area contributed by atoms with Gasteiger partial charge in [-0.15, -0.1) is 0 Å². The number of urea groups is 1. The van der Waals surface area contributed by atoms with Gasteiger partial charge in [-0.25, -0.2) is 17.9 Å². The Labute approximate surface area is 143 Å². The number of hydrogen-bond donors (Lipinski definition) is 1. The second kappa shape index (κ2) is 7.81. The van der Waals surface area contributed by atoms with Crippen LogP contribution in [-0.2, 0) is 14.8 Å². The molecular weight excluding hydrogens is 328 g/mol. The van der Waals surface area contributed by atoms with E-state index in [1.807, 2.05) is 12.1 Å². The van der Waals surface area contributed by atoms with Crippen molar-refractivity contribution < 1.29 is 17.9 Å². The number of nitrogens with one attached hydrogen (secondary N) is 1. The van der Waals surface area contributed by atoms with Crippen molar-refractivity contribution in [3.05, 3.63) is 41.5 Å². The highest BCUT2D eigenvalue weighted by Gasteiger charge is 2.25. The molecule has 0 unspecified atom stereocenters. The normalized spacial score (nSPS) is 16.3. The molecule has 0 aromatic heterocycles. The van der Waals surface area contributed by atoms with E-state index in [9.17, 15) is 13.2 Å². The number of sulfonamides is 1. The van der Waals surface area contributed by atoms with Gasteiger partial charge in [0.05, 0.1) is 18.1 Å². The molecule has 0 saturated carbocycles. The van der Waals surface area contributed by atoms with Crippen LogP contribution < -0.4 is 4.72 Å². The van der Waals surface area contributed by atoms with Crippen molar-refractivity contribution in [2.24, 2.45) is 0 Å². The van der Waals surface area contributed by atoms with Crippen LogP contribution in [0.25, 0.3) is 4.91 Å². The minimum atomic E-state index is -3.93. The van der Waals surface area contributed by atoms with Crippen LogP contribution >= 0.6 is 0 Å². The molecule has 0 spiro atoms. The van der Waals surface area contributed by atoms with Gasteiger partial charge in [-0.05, 0) is 24.0 Å². The molecule has 0 atom stereocenters. The average molecular weight is 352 g/mol. The molecule has 24 heavy (non-hydrogen) atoms. The summed E-state index contributed by atoms with van der Waals surface area (Å²) < 4.78 is 32.5. The number of morpholine rings is 1. The predicted molar refractivity (Wildman–Crippen MR) is 94.0 cm³/mol. The van der Waals surface area contributed by atoms with E-state index in [1.165, 1.54) is 11.0 Å². The van der Waals surface area contributed by atoms with Gasteiger partial charge in [-0.2, -0.15) is 0 Å².